The predicted molar refractivity (Wildman–Crippen MR) is 149 cm³/mol. The van der Waals surface area contributed by atoms with Gasteiger partial charge < -0.3 is 27.2 Å². The minimum Gasteiger partial charge on any atom is -1.00 e. The van der Waals surface area contributed by atoms with Crippen LogP contribution in [-0.2, 0) is 40.8 Å². The van der Waals surface area contributed by atoms with E-state index in [0.29, 0.717) is 19.8 Å². The second-order valence-electron chi connectivity index (χ2n) is 9.13. The van der Waals surface area contributed by atoms with Crippen LogP contribution in [0.4, 0.5) is 0 Å². The van der Waals surface area contributed by atoms with E-state index in [2.05, 4.69) is 41.2 Å². The molecular formula is C31H33ClN2O3RuS. The Morgan fingerprint density at radius 1 is 0.744 bits per heavy atom. The zero-order valence-corrected chi connectivity index (χ0v) is 25.3. The summed E-state index contributed by atoms with van der Waals surface area (Å²) in [4.78, 5) is 0.187. The van der Waals surface area contributed by atoms with Gasteiger partial charge in [0, 0.05) is 17.5 Å². The first kappa shape index (κ1) is 32.8. The molecule has 0 saturated carbocycles. The van der Waals surface area contributed by atoms with Crippen LogP contribution in [0.25, 0.3) is 4.72 Å². The molecule has 0 radical (unpaired) electrons. The van der Waals surface area contributed by atoms with Gasteiger partial charge in [-0.25, -0.2) is 8.42 Å². The zero-order valence-electron chi connectivity index (χ0n) is 22.0. The average molecular weight is 650 g/mol. The van der Waals surface area contributed by atoms with Crippen molar-refractivity contribution < 1.29 is 45.0 Å². The van der Waals surface area contributed by atoms with Crippen molar-refractivity contribution >= 4 is 10.0 Å². The maximum atomic E-state index is 13.4. The summed E-state index contributed by atoms with van der Waals surface area (Å²) >= 11 is 0. The number of halogens is 1. The first-order valence-electron chi connectivity index (χ1n) is 12.4. The standard InChI is InChI=1S/C31H33N2O3S.ClH.Ru/c1-24-13-17-26(18-14-24)23-36-22-21-32-30(27-9-5-3-6-10-27)31(28-11-7-4-8-12-28)33-37(34,35)29-19-15-25(2)16-20-29;;/h3-20,30-32H,21-23H2,1-2H3;1H;/q-1;;+2/p-1/t30-,31-;;/m0../s1. The van der Waals surface area contributed by atoms with E-state index in [1.54, 1.807) is 24.3 Å². The van der Waals surface area contributed by atoms with Crippen molar-refractivity contribution in [3.05, 3.63) is 142 Å². The van der Waals surface area contributed by atoms with E-state index in [4.69, 9.17) is 4.74 Å². The van der Waals surface area contributed by atoms with Crippen molar-refractivity contribution in [3.8, 4) is 0 Å². The molecule has 0 bridgehead atoms. The summed E-state index contributed by atoms with van der Waals surface area (Å²) in [6, 6.07) is 33.5. The second kappa shape index (κ2) is 16.0. The Hall–Kier alpha value is -2.38. The maximum Gasteiger partial charge on any atom is 2.00 e. The molecule has 0 aromatic heterocycles. The van der Waals surface area contributed by atoms with Gasteiger partial charge in [-0.3, -0.25) is 0 Å². The van der Waals surface area contributed by atoms with Crippen molar-refractivity contribution in [1.82, 2.24) is 5.32 Å². The molecule has 0 saturated heterocycles. The van der Waals surface area contributed by atoms with Gasteiger partial charge in [-0.15, -0.1) is 0 Å². The van der Waals surface area contributed by atoms with Crippen molar-refractivity contribution in [2.75, 3.05) is 13.2 Å². The SMILES string of the molecule is Cc1ccc(COCCN[C@@H](c2ccccc2)[C@@H]([N-]S(=O)(=O)c2ccc(C)cc2)c2ccccc2)cc1.[Cl-].[Ru+2]. The Labute approximate surface area is 251 Å². The fourth-order valence-corrected chi connectivity index (χ4v) is 5.26. The molecule has 0 amide bonds. The summed E-state index contributed by atoms with van der Waals surface area (Å²) in [6.45, 7) is 5.52. The molecule has 5 nitrogen and oxygen atoms in total. The topological polar surface area (TPSA) is 69.5 Å². The average Bonchev–Trinajstić information content (AvgIpc) is 2.92. The molecule has 0 unspecified atom stereocenters. The van der Waals surface area contributed by atoms with Crippen LogP contribution in [0.2, 0.25) is 0 Å². The monoisotopic (exact) mass is 650 g/mol. The number of ether oxygens (including phenoxy) is 1. The molecule has 1 N–H and O–H groups in total. The summed E-state index contributed by atoms with van der Waals surface area (Å²) in [7, 11) is -3.90. The van der Waals surface area contributed by atoms with Gasteiger partial charge in [-0.05, 0) is 37.1 Å². The molecule has 8 heteroatoms. The van der Waals surface area contributed by atoms with Crippen molar-refractivity contribution in [2.45, 2.75) is 37.4 Å². The van der Waals surface area contributed by atoms with Crippen molar-refractivity contribution in [2.24, 2.45) is 0 Å². The zero-order chi connectivity index (χ0) is 26.1. The number of aryl methyl sites for hydroxylation is 2. The van der Waals surface area contributed by atoms with Gasteiger partial charge >= 0.3 is 19.5 Å². The third-order valence-corrected chi connectivity index (χ3v) is 7.56. The van der Waals surface area contributed by atoms with Crippen molar-refractivity contribution in [1.29, 1.82) is 0 Å². The molecule has 206 valence electrons. The van der Waals surface area contributed by atoms with E-state index in [1.807, 2.05) is 67.6 Å². The van der Waals surface area contributed by atoms with Crippen LogP contribution in [0, 0.1) is 13.8 Å². The molecule has 0 spiro atoms. The Morgan fingerprint density at radius 2 is 1.26 bits per heavy atom. The Kier molecular flexibility index (Phi) is 13.5. The van der Waals surface area contributed by atoms with E-state index in [1.165, 1.54) is 5.56 Å². The molecule has 0 aliphatic carbocycles. The van der Waals surface area contributed by atoms with Gasteiger partial charge in [0.2, 0.25) is 0 Å². The number of nitrogens with one attached hydrogen (secondary N) is 1. The van der Waals surface area contributed by atoms with E-state index in [-0.39, 0.29) is 42.8 Å². The molecule has 4 rings (SSSR count). The third kappa shape index (κ3) is 9.64. The van der Waals surface area contributed by atoms with Gasteiger partial charge in [-0.1, -0.05) is 120 Å². The van der Waals surface area contributed by atoms with Crippen LogP contribution in [0.3, 0.4) is 0 Å². The molecular weight excluding hydrogens is 617 g/mol. The number of rotatable bonds is 12. The molecule has 4 aromatic rings. The summed E-state index contributed by atoms with van der Waals surface area (Å²) in [5.41, 5.74) is 5.10. The molecule has 0 aliphatic heterocycles. The summed E-state index contributed by atoms with van der Waals surface area (Å²) in [5.74, 6) is 0. The van der Waals surface area contributed by atoms with Crippen LogP contribution in [0.5, 0.6) is 0 Å². The van der Waals surface area contributed by atoms with Crippen LogP contribution >= 0.6 is 0 Å². The molecule has 0 aliphatic rings. The Bertz CT molecular complexity index is 1350. The normalized spacial score (nSPS) is 12.6. The Balaban J connectivity index is 0.00000267. The first-order chi connectivity index (χ1) is 17.9. The van der Waals surface area contributed by atoms with Gasteiger partial charge in [0.05, 0.1) is 13.2 Å². The number of nitrogens with zero attached hydrogens (tertiary/aromatic N) is 1. The van der Waals surface area contributed by atoms with Crippen LogP contribution < -0.4 is 17.7 Å². The quantitative estimate of drug-likeness (QED) is 0.188. The van der Waals surface area contributed by atoms with Gasteiger partial charge in [0.1, 0.15) is 10.0 Å². The maximum absolute atomic E-state index is 13.4. The largest absolute Gasteiger partial charge is 2.00 e. The molecule has 4 aromatic carbocycles. The Morgan fingerprint density at radius 3 is 1.82 bits per heavy atom. The van der Waals surface area contributed by atoms with Crippen LogP contribution in [-0.4, -0.2) is 21.6 Å². The van der Waals surface area contributed by atoms with E-state index in [0.717, 1.165) is 22.3 Å². The second-order valence-corrected chi connectivity index (χ2v) is 10.8. The molecule has 39 heavy (non-hydrogen) atoms. The third-order valence-electron chi connectivity index (χ3n) is 6.19. The fraction of sp³-hybridized carbons (Fsp3) is 0.226. The van der Waals surface area contributed by atoms with E-state index >= 15 is 0 Å². The smallest absolute Gasteiger partial charge is 1.00 e. The predicted octanol–water partition coefficient (Wildman–Crippen LogP) is 3.66. The van der Waals surface area contributed by atoms with Gasteiger partial charge in [-0.2, -0.15) is 0 Å². The van der Waals surface area contributed by atoms with Crippen LogP contribution in [0.15, 0.2) is 114 Å². The summed E-state index contributed by atoms with van der Waals surface area (Å²) in [6.07, 6.45) is 0. The minimum atomic E-state index is -3.90. The minimum absolute atomic E-state index is 0. The van der Waals surface area contributed by atoms with E-state index < -0.39 is 16.1 Å². The van der Waals surface area contributed by atoms with Crippen LogP contribution in [0.1, 0.15) is 39.9 Å². The number of sulfonamides is 1. The fourth-order valence-electron chi connectivity index (χ4n) is 4.12. The first-order valence-corrected chi connectivity index (χ1v) is 13.9. The molecule has 2 atom stereocenters. The summed E-state index contributed by atoms with van der Waals surface area (Å²) in [5, 5.41) is 3.53. The summed E-state index contributed by atoms with van der Waals surface area (Å²) < 4.78 is 37.2. The number of hydrogen-bond donors (Lipinski definition) is 1. The van der Waals surface area contributed by atoms with Gasteiger partial charge in [0.15, 0.2) is 0 Å². The van der Waals surface area contributed by atoms with Gasteiger partial charge in [0.25, 0.3) is 0 Å². The number of hydrogen-bond acceptors (Lipinski definition) is 4. The van der Waals surface area contributed by atoms with Crippen molar-refractivity contribution in [3.63, 3.8) is 0 Å². The molecule has 0 heterocycles. The molecule has 0 fully saturated rings. The van der Waals surface area contributed by atoms with E-state index in [9.17, 15) is 8.42 Å². The number of benzene rings is 4.